The fraction of sp³-hybridized carbons (Fsp3) is 0.568. The molecule has 9 heteroatoms. The van der Waals surface area contributed by atoms with E-state index in [9.17, 15) is 9.90 Å². The zero-order valence-electron chi connectivity index (χ0n) is 32.0. The van der Waals surface area contributed by atoms with Gasteiger partial charge in [0.1, 0.15) is 0 Å². The fourth-order valence-electron chi connectivity index (χ4n) is 7.12. The first-order valence-corrected chi connectivity index (χ1v) is 21.0. The van der Waals surface area contributed by atoms with E-state index in [2.05, 4.69) is 61.3 Å². The molecule has 292 valence electrons. The highest BCUT2D eigenvalue weighted by Gasteiger charge is 2.39. The minimum Gasteiger partial charge on any atom is -0.392 e. The van der Waals surface area contributed by atoms with Crippen molar-refractivity contribution in [3.8, 4) is 11.1 Å². The van der Waals surface area contributed by atoms with Crippen LogP contribution in [0, 0.1) is 5.92 Å². The monoisotopic (exact) mass is 786 g/mol. The van der Waals surface area contributed by atoms with Crippen molar-refractivity contribution in [2.75, 3.05) is 19.6 Å². The summed E-state index contributed by atoms with van der Waals surface area (Å²) in [5, 5.41) is 12.4. The van der Waals surface area contributed by atoms with Crippen LogP contribution in [0.25, 0.3) is 11.1 Å². The summed E-state index contributed by atoms with van der Waals surface area (Å²) in [4.78, 5) is 14.8. The summed E-state index contributed by atoms with van der Waals surface area (Å²) in [6.07, 6.45) is 14.6. The van der Waals surface area contributed by atoms with Crippen molar-refractivity contribution in [2.24, 2.45) is 5.92 Å². The van der Waals surface area contributed by atoms with E-state index in [1.54, 1.807) is 0 Å². The molecule has 1 heterocycles. The highest BCUT2D eigenvalue weighted by molar-refractivity contribution is 6.76. The van der Waals surface area contributed by atoms with Gasteiger partial charge in [-0.3, -0.25) is 4.79 Å². The van der Waals surface area contributed by atoms with Gasteiger partial charge in [0, 0.05) is 24.6 Å². The largest absolute Gasteiger partial charge is 0.392 e. The number of nitrogens with zero attached hydrogens (tertiary/aromatic N) is 1. The SMILES string of the molecule is CCCCCCCCN(CCCCCCCC)CC1OC(c2cccc(-c3cccc(CNC(=O)C(Cl)(Cl)Cl)c3)c2)OC(c2ccc(CO)cc2)C1C. The molecule has 0 radical (unpaired) electrons. The number of carbonyl (C=O) groups is 1. The Morgan fingerprint density at radius 3 is 1.92 bits per heavy atom. The van der Waals surface area contributed by atoms with E-state index in [4.69, 9.17) is 44.3 Å². The Hall–Kier alpha value is -2.16. The molecule has 0 spiro atoms. The second-order valence-corrected chi connectivity index (χ2v) is 16.9. The van der Waals surface area contributed by atoms with Crippen molar-refractivity contribution in [2.45, 2.75) is 133 Å². The number of aliphatic hydroxyl groups excluding tert-OH is 1. The van der Waals surface area contributed by atoms with Crippen LogP contribution in [-0.2, 0) is 27.4 Å². The molecule has 1 fully saturated rings. The molecule has 3 aromatic carbocycles. The number of ether oxygens (including phenoxy) is 2. The Bertz CT molecular complexity index is 1480. The fourth-order valence-corrected chi connectivity index (χ4v) is 7.32. The second-order valence-electron chi connectivity index (χ2n) is 14.7. The summed E-state index contributed by atoms with van der Waals surface area (Å²) < 4.78 is 11.8. The lowest BCUT2D eigenvalue weighted by Gasteiger charge is -2.43. The first kappa shape index (κ1) is 43.6. The van der Waals surface area contributed by atoms with Crippen LogP contribution in [0.4, 0.5) is 0 Å². The normalized spacial score (nSPS) is 19.1. The van der Waals surface area contributed by atoms with Crippen LogP contribution >= 0.6 is 34.8 Å². The van der Waals surface area contributed by atoms with E-state index in [-0.39, 0.29) is 31.3 Å². The summed E-state index contributed by atoms with van der Waals surface area (Å²) in [7, 11) is 0. The molecule has 53 heavy (non-hydrogen) atoms. The number of rotatable bonds is 22. The summed E-state index contributed by atoms with van der Waals surface area (Å²) in [5.41, 5.74) is 5.81. The van der Waals surface area contributed by atoms with Gasteiger partial charge in [0.25, 0.3) is 9.70 Å². The Morgan fingerprint density at radius 1 is 0.736 bits per heavy atom. The van der Waals surface area contributed by atoms with Gasteiger partial charge in [-0.25, -0.2) is 0 Å². The van der Waals surface area contributed by atoms with Gasteiger partial charge < -0.3 is 24.8 Å². The molecule has 0 saturated carbocycles. The molecule has 2 N–H and O–H groups in total. The first-order valence-electron chi connectivity index (χ1n) is 19.9. The third-order valence-electron chi connectivity index (χ3n) is 10.3. The lowest BCUT2D eigenvalue weighted by molar-refractivity contribution is -0.276. The Balaban J connectivity index is 1.55. The first-order chi connectivity index (χ1) is 25.6. The van der Waals surface area contributed by atoms with Crippen LogP contribution < -0.4 is 5.32 Å². The topological polar surface area (TPSA) is 71.0 Å². The molecule has 3 aromatic rings. The van der Waals surface area contributed by atoms with Gasteiger partial charge in [-0.2, -0.15) is 0 Å². The number of halogens is 3. The zero-order valence-corrected chi connectivity index (χ0v) is 34.3. The highest BCUT2D eigenvalue weighted by atomic mass is 35.6. The molecule has 4 unspecified atom stereocenters. The maximum atomic E-state index is 12.1. The van der Waals surface area contributed by atoms with Crippen molar-refractivity contribution in [3.63, 3.8) is 0 Å². The third-order valence-corrected chi connectivity index (χ3v) is 10.9. The van der Waals surface area contributed by atoms with E-state index in [1.807, 2.05) is 42.5 Å². The van der Waals surface area contributed by atoms with Crippen LogP contribution in [0.5, 0.6) is 0 Å². The van der Waals surface area contributed by atoms with Gasteiger partial charge in [-0.1, -0.05) is 180 Å². The third kappa shape index (κ3) is 14.5. The number of hydrogen-bond donors (Lipinski definition) is 2. The zero-order chi connectivity index (χ0) is 38.1. The average molecular weight is 788 g/mol. The molecular formula is C44H61Cl3N2O4. The molecule has 0 aromatic heterocycles. The molecule has 1 saturated heterocycles. The number of benzene rings is 3. The summed E-state index contributed by atoms with van der Waals surface area (Å²) in [5.74, 6) is -0.547. The smallest absolute Gasteiger partial charge is 0.272 e. The molecule has 6 nitrogen and oxygen atoms in total. The maximum absolute atomic E-state index is 12.1. The molecule has 1 aliphatic rings. The predicted molar refractivity (Wildman–Crippen MR) is 220 cm³/mol. The van der Waals surface area contributed by atoms with Crippen LogP contribution in [0.2, 0.25) is 0 Å². The van der Waals surface area contributed by atoms with Crippen molar-refractivity contribution in [1.29, 1.82) is 0 Å². The molecule has 1 aliphatic heterocycles. The van der Waals surface area contributed by atoms with Gasteiger partial charge in [0.05, 0.1) is 18.8 Å². The number of unbranched alkanes of at least 4 members (excludes halogenated alkanes) is 10. The second kappa shape index (κ2) is 23.0. The van der Waals surface area contributed by atoms with E-state index >= 15 is 0 Å². The van der Waals surface area contributed by atoms with Crippen LogP contribution in [-0.4, -0.2) is 45.4 Å². The minimum atomic E-state index is -2.01. The van der Waals surface area contributed by atoms with Crippen LogP contribution in [0.1, 0.15) is 132 Å². The number of hydrogen-bond acceptors (Lipinski definition) is 5. The van der Waals surface area contributed by atoms with E-state index in [0.717, 1.165) is 53.0 Å². The predicted octanol–water partition coefficient (Wildman–Crippen LogP) is 11.6. The summed E-state index contributed by atoms with van der Waals surface area (Å²) in [6.45, 7) is 10.1. The number of aliphatic hydroxyl groups is 1. The lowest BCUT2D eigenvalue weighted by atomic mass is 9.89. The molecular weight excluding hydrogens is 727 g/mol. The van der Waals surface area contributed by atoms with Crippen LogP contribution in [0.15, 0.2) is 72.8 Å². The van der Waals surface area contributed by atoms with Crippen molar-refractivity contribution in [1.82, 2.24) is 10.2 Å². The molecule has 4 rings (SSSR count). The van der Waals surface area contributed by atoms with Crippen molar-refractivity contribution in [3.05, 3.63) is 95.1 Å². The number of nitrogens with one attached hydrogen (secondary N) is 1. The molecule has 0 aliphatic carbocycles. The standard InChI is InChI=1S/C44H61Cl3N2O4/c1-4-6-8-10-12-14-26-49(27-15-13-11-9-7-5-2)31-40-33(3)41(36-24-22-34(32-50)23-25-36)53-42(52-40)39-21-17-20-38(29-39)37-19-16-18-35(28-37)30-48-43(51)44(45,46)47/h16-25,28-29,33,40-42,50H,4-15,26-27,30-32H2,1-3H3,(H,48,51). The molecule has 0 bridgehead atoms. The maximum Gasteiger partial charge on any atom is 0.272 e. The van der Waals surface area contributed by atoms with Crippen molar-refractivity contribution < 1.29 is 19.4 Å². The molecule has 1 amide bonds. The Kier molecular flexibility index (Phi) is 18.9. The van der Waals surface area contributed by atoms with E-state index in [0.29, 0.717) is 0 Å². The Morgan fingerprint density at radius 2 is 1.32 bits per heavy atom. The summed E-state index contributed by atoms with van der Waals surface area (Å²) >= 11 is 17.2. The van der Waals surface area contributed by atoms with Gasteiger partial charge in [-0.05, 0) is 65.9 Å². The summed E-state index contributed by atoms with van der Waals surface area (Å²) in [6, 6.07) is 24.4. The average Bonchev–Trinajstić information content (AvgIpc) is 3.17. The van der Waals surface area contributed by atoms with Gasteiger partial charge >= 0.3 is 0 Å². The Labute approximate surface area is 333 Å². The van der Waals surface area contributed by atoms with Gasteiger partial charge in [0.15, 0.2) is 6.29 Å². The number of alkyl halides is 3. The van der Waals surface area contributed by atoms with Crippen molar-refractivity contribution >= 4 is 40.7 Å². The van der Waals surface area contributed by atoms with E-state index < -0.39 is 16.0 Å². The highest BCUT2D eigenvalue weighted by Crippen LogP contribution is 2.42. The van der Waals surface area contributed by atoms with Crippen LogP contribution in [0.3, 0.4) is 0 Å². The quantitative estimate of drug-likeness (QED) is 0.0784. The lowest BCUT2D eigenvalue weighted by Crippen LogP contribution is -2.45. The number of amides is 1. The van der Waals surface area contributed by atoms with Gasteiger partial charge in [-0.15, -0.1) is 0 Å². The number of carbonyl (C=O) groups excluding carboxylic acids is 1. The minimum absolute atomic E-state index is 0.00877. The van der Waals surface area contributed by atoms with Gasteiger partial charge in [0.2, 0.25) is 0 Å². The molecule has 4 atom stereocenters. The van der Waals surface area contributed by atoms with E-state index in [1.165, 1.54) is 77.0 Å².